The van der Waals surface area contributed by atoms with Crippen LogP contribution in [0.4, 0.5) is 11.4 Å². The first kappa shape index (κ1) is 10.9. The molecule has 1 aromatic carbocycles. The van der Waals surface area contributed by atoms with E-state index in [-0.39, 0.29) is 5.66 Å². The summed E-state index contributed by atoms with van der Waals surface area (Å²) in [4.78, 5) is 5.03. The van der Waals surface area contributed by atoms with E-state index in [1.807, 2.05) is 0 Å². The third-order valence-electron chi connectivity index (χ3n) is 4.97. The van der Waals surface area contributed by atoms with Gasteiger partial charge in [0.05, 0.1) is 11.4 Å². The first-order valence-corrected chi connectivity index (χ1v) is 6.65. The van der Waals surface area contributed by atoms with Crippen LogP contribution in [-0.4, -0.2) is 19.8 Å². The average molecular weight is 230 g/mol. The molecule has 0 aromatic heterocycles. The molecule has 0 radical (unpaired) electrons. The summed E-state index contributed by atoms with van der Waals surface area (Å²) in [6.07, 6.45) is 5.32. The van der Waals surface area contributed by atoms with Crippen molar-refractivity contribution >= 4 is 11.4 Å². The topological polar surface area (TPSA) is 6.48 Å². The van der Waals surface area contributed by atoms with E-state index in [1.54, 1.807) is 0 Å². The predicted molar refractivity (Wildman–Crippen MR) is 73.9 cm³/mol. The van der Waals surface area contributed by atoms with Crippen molar-refractivity contribution < 1.29 is 0 Å². The van der Waals surface area contributed by atoms with Gasteiger partial charge in [0, 0.05) is 14.1 Å². The van der Waals surface area contributed by atoms with Crippen LogP contribution in [0.15, 0.2) is 12.1 Å². The molecular weight excluding hydrogens is 208 g/mol. The van der Waals surface area contributed by atoms with Gasteiger partial charge in [0.25, 0.3) is 0 Å². The summed E-state index contributed by atoms with van der Waals surface area (Å²) in [5, 5.41) is 0. The van der Waals surface area contributed by atoms with Crippen LogP contribution in [0, 0.1) is 13.8 Å². The fraction of sp³-hybridized carbons (Fsp3) is 0.600. The van der Waals surface area contributed by atoms with Crippen LogP contribution in [0.3, 0.4) is 0 Å². The number of nitrogens with zero attached hydrogens (tertiary/aromatic N) is 2. The van der Waals surface area contributed by atoms with Crippen molar-refractivity contribution in [2.45, 2.75) is 45.2 Å². The maximum absolute atomic E-state index is 2.52. The van der Waals surface area contributed by atoms with Gasteiger partial charge in [-0.15, -0.1) is 0 Å². The zero-order valence-corrected chi connectivity index (χ0v) is 11.4. The number of anilines is 2. The summed E-state index contributed by atoms with van der Waals surface area (Å²) in [6, 6.07) is 4.71. The smallest absolute Gasteiger partial charge is 0.112 e. The quantitative estimate of drug-likeness (QED) is 0.673. The molecule has 1 heterocycles. The number of fused-ring (bicyclic) bond motifs is 1. The van der Waals surface area contributed by atoms with Gasteiger partial charge in [0.1, 0.15) is 5.66 Å². The highest BCUT2D eigenvalue weighted by Gasteiger charge is 2.47. The first-order chi connectivity index (χ1) is 8.06. The van der Waals surface area contributed by atoms with E-state index < -0.39 is 0 Å². The number of rotatable bonds is 0. The van der Waals surface area contributed by atoms with Crippen LogP contribution in [0.25, 0.3) is 0 Å². The molecule has 1 spiro atoms. The average Bonchev–Trinajstić information content (AvgIpc) is 2.86. The lowest BCUT2D eigenvalue weighted by molar-refractivity contribution is 0.429. The van der Waals surface area contributed by atoms with Crippen LogP contribution in [0.5, 0.6) is 0 Å². The van der Waals surface area contributed by atoms with E-state index in [1.165, 1.54) is 48.2 Å². The molecule has 0 atom stereocenters. The Balaban J connectivity index is 2.14. The van der Waals surface area contributed by atoms with Gasteiger partial charge in [-0.25, -0.2) is 0 Å². The molecule has 17 heavy (non-hydrogen) atoms. The molecule has 0 saturated heterocycles. The van der Waals surface area contributed by atoms with Crippen LogP contribution in [0.1, 0.15) is 36.8 Å². The standard InChI is InChI=1S/C15H22N2/c1-11-9-13-14(10-12(11)2)17(4)15(16(13)3)7-5-6-8-15/h9-10H,5-8H2,1-4H3. The number of hydrogen-bond donors (Lipinski definition) is 0. The predicted octanol–water partition coefficient (Wildman–Crippen LogP) is 3.46. The summed E-state index contributed by atoms with van der Waals surface area (Å²) in [5.74, 6) is 0. The Morgan fingerprint density at radius 3 is 1.71 bits per heavy atom. The molecule has 0 amide bonds. The lowest BCUT2D eigenvalue weighted by Crippen LogP contribution is -2.52. The number of benzene rings is 1. The third kappa shape index (κ3) is 1.27. The molecule has 1 fully saturated rings. The SMILES string of the molecule is Cc1cc2c(cc1C)N(C)C1(CCCC1)N2C. The summed E-state index contributed by atoms with van der Waals surface area (Å²) >= 11 is 0. The Labute approximate surface area is 104 Å². The second-order valence-corrected chi connectivity index (χ2v) is 5.73. The monoisotopic (exact) mass is 230 g/mol. The number of hydrogen-bond acceptors (Lipinski definition) is 2. The Kier molecular flexibility index (Phi) is 2.19. The van der Waals surface area contributed by atoms with Crippen LogP contribution >= 0.6 is 0 Å². The largest absolute Gasteiger partial charge is 0.350 e. The summed E-state index contributed by atoms with van der Waals surface area (Å²) in [5.41, 5.74) is 5.90. The van der Waals surface area contributed by atoms with Crippen molar-refractivity contribution in [2.75, 3.05) is 23.9 Å². The lowest BCUT2D eigenvalue weighted by Gasteiger charge is -2.39. The van der Waals surface area contributed by atoms with Crippen LogP contribution in [-0.2, 0) is 0 Å². The fourth-order valence-corrected chi connectivity index (χ4v) is 3.61. The van der Waals surface area contributed by atoms with Gasteiger partial charge < -0.3 is 9.80 Å². The second kappa shape index (κ2) is 3.41. The second-order valence-electron chi connectivity index (χ2n) is 5.73. The van der Waals surface area contributed by atoms with E-state index in [0.29, 0.717) is 0 Å². The van der Waals surface area contributed by atoms with Crippen LogP contribution in [0.2, 0.25) is 0 Å². The molecule has 2 nitrogen and oxygen atoms in total. The minimum Gasteiger partial charge on any atom is -0.350 e. The van der Waals surface area contributed by atoms with Crippen LogP contribution < -0.4 is 9.80 Å². The van der Waals surface area contributed by atoms with Gasteiger partial charge in [-0.2, -0.15) is 0 Å². The van der Waals surface area contributed by atoms with Crippen molar-refractivity contribution in [1.29, 1.82) is 0 Å². The van der Waals surface area contributed by atoms with Gasteiger partial charge in [-0.05, 0) is 62.8 Å². The van der Waals surface area contributed by atoms with E-state index in [2.05, 4.69) is 49.9 Å². The molecule has 2 heteroatoms. The Hall–Kier alpha value is -1.18. The minimum absolute atomic E-state index is 0.266. The van der Waals surface area contributed by atoms with Gasteiger partial charge in [-0.3, -0.25) is 0 Å². The highest BCUT2D eigenvalue weighted by Crippen LogP contribution is 2.50. The zero-order valence-electron chi connectivity index (χ0n) is 11.4. The molecule has 1 saturated carbocycles. The zero-order chi connectivity index (χ0) is 12.2. The van der Waals surface area contributed by atoms with E-state index in [0.717, 1.165) is 0 Å². The van der Waals surface area contributed by atoms with Gasteiger partial charge in [-0.1, -0.05) is 0 Å². The minimum atomic E-state index is 0.266. The highest BCUT2D eigenvalue weighted by molar-refractivity contribution is 5.80. The fourth-order valence-electron chi connectivity index (χ4n) is 3.61. The van der Waals surface area contributed by atoms with E-state index in [4.69, 9.17) is 0 Å². The maximum Gasteiger partial charge on any atom is 0.112 e. The Morgan fingerprint density at radius 2 is 1.29 bits per heavy atom. The first-order valence-electron chi connectivity index (χ1n) is 6.65. The van der Waals surface area contributed by atoms with Crippen molar-refractivity contribution in [3.05, 3.63) is 23.3 Å². The van der Waals surface area contributed by atoms with Crippen molar-refractivity contribution in [1.82, 2.24) is 0 Å². The van der Waals surface area contributed by atoms with Gasteiger partial charge in [0.15, 0.2) is 0 Å². The molecule has 1 aliphatic carbocycles. The molecule has 1 aromatic rings. The molecule has 0 unspecified atom stereocenters. The normalized spacial score (nSPS) is 21.4. The highest BCUT2D eigenvalue weighted by atomic mass is 15.4. The van der Waals surface area contributed by atoms with Crippen molar-refractivity contribution in [3.8, 4) is 0 Å². The van der Waals surface area contributed by atoms with E-state index >= 15 is 0 Å². The molecule has 1 aliphatic heterocycles. The summed E-state index contributed by atoms with van der Waals surface area (Å²) in [6.45, 7) is 4.42. The van der Waals surface area contributed by atoms with Crippen molar-refractivity contribution in [2.24, 2.45) is 0 Å². The molecule has 92 valence electrons. The number of aryl methyl sites for hydroxylation is 2. The Bertz CT molecular complexity index is 421. The molecule has 3 rings (SSSR count). The summed E-state index contributed by atoms with van der Waals surface area (Å²) in [7, 11) is 4.53. The lowest BCUT2D eigenvalue weighted by atomic mass is 10.1. The molecule has 2 aliphatic rings. The maximum atomic E-state index is 2.52. The molecule has 0 bridgehead atoms. The van der Waals surface area contributed by atoms with Gasteiger partial charge in [0.2, 0.25) is 0 Å². The summed E-state index contributed by atoms with van der Waals surface area (Å²) < 4.78 is 0. The third-order valence-corrected chi connectivity index (χ3v) is 4.97. The van der Waals surface area contributed by atoms with E-state index in [9.17, 15) is 0 Å². The van der Waals surface area contributed by atoms with Crippen molar-refractivity contribution in [3.63, 3.8) is 0 Å². The van der Waals surface area contributed by atoms with Gasteiger partial charge >= 0.3 is 0 Å². The Morgan fingerprint density at radius 1 is 0.882 bits per heavy atom. The molecule has 0 N–H and O–H groups in total. The molecular formula is C15H22N2.